The molecule has 0 spiro atoms. The molecule has 0 radical (unpaired) electrons. The third-order valence-corrected chi connectivity index (χ3v) is 27.5. The lowest BCUT2D eigenvalue weighted by Gasteiger charge is -2.21. The lowest BCUT2D eigenvalue weighted by molar-refractivity contribution is 0.661. The average Bonchev–Trinajstić information content (AvgIpc) is 1.56. The van der Waals surface area contributed by atoms with Gasteiger partial charge in [0.15, 0.2) is 29.1 Å². The van der Waals surface area contributed by atoms with Gasteiger partial charge in [-0.15, -0.1) is 0 Å². The summed E-state index contributed by atoms with van der Waals surface area (Å²) in [5.74, 6) is 4.49. The van der Waals surface area contributed by atoms with Crippen molar-refractivity contribution < 1.29 is 4.42 Å². The fourth-order valence-corrected chi connectivity index (χ4v) is 21.1. The average molecular weight is 1680 g/mol. The van der Waals surface area contributed by atoms with Crippen LogP contribution in [0.4, 0.5) is 0 Å². The van der Waals surface area contributed by atoms with E-state index in [4.69, 9.17) is 44.3 Å². The monoisotopic (exact) mass is 1680 g/mol. The number of nitrogens with zero attached hydrogens (tertiary/aromatic N) is 11. The van der Waals surface area contributed by atoms with Gasteiger partial charge in [-0.1, -0.05) is 351 Å². The van der Waals surface area contributed by atoms with Gasteiger partial charge in [0.05, 0.1) is 49.7 Å². The SMILES string of the molecule is CC1(C)c2ccccc2-c2cc3c(cc21)c1cc(-c2ccccc2)ccc1n3-c1nc(-c2ccccc2)nc(-c2ccccc2)n1.CC1(C)c2ccccc2-c2cc3c(cc21)c1ccccc1n3-c1nc(-c2ccccc2)nc(-c2cccc3c2oc2ccccc23)n1.CC1(C)c2ccccc2-c2cc3c(cc21)c1ccccc1n3-c1nc2ccccc2nc1-c1ccccc1. The first kappa shape index (κ1) is 76.7. The lowest BCUT2D eigenvalue weighted by atomic mass is 9.82. The van der Waals surface area contributed by atoms with Crippen LogP contribution in [-0.4, -0.2) is 53.6 Å². The van der Waals surface area contributed by atoms with Crippen LogP contribution in [-0.2, 0) is 16.2 Å². The molecular weight excluding hydrogens is 1600 g/mol. The standard InChI is InChI=1S/C42H28N4O.C42H30N4.C35H25N3/c1-42(2)33-20-9-6-15-26(33)31-24-36-32(23-34(31)42)27-16-7-10-21-35(27)46(36)41-44-39(25-13-4-3-5-14-25)43-40(45-41)30-19-12-18-29-28-17-8-11-22-37(28)47-38(29)30;1-42(2)35-21-13-12-20-31(35)32-26-38-34(25-36(32)42)33-24-30(27-14-6-3-7-15-27)22-23-37(33)46(38)41-44-39(28-16-8-4-9-17-28)43-40(45-41)29-18-10-5-11-19-29;1-35(2)27-16-8-6-14-23(27)25-21-32-26(20-28(25)35)24-15-7-11-19-31(24)38(32)34-33(22-12-4-3-5-13-22)36-29-17-9-10-18-30(29)37-34/h3-24H,1-2H3;3-26H,1-2H3;3-21H,1-2H3. The molecule has 12 heteroatoms. The molecule has 0 amide bonds. The molecule has 7 heterocycles. The van der Waals surface area contributed by atoms with Gasteiger partial charge in [-0.3, -0.25) is 13.7 Å². The van der Waals surface area contributed by atoms with E-state index < -0.39 is 0 Å². The normalized spacial score (nSPS) is 13.5. The second-order valence-corrected chi connectivity index (χ2v) is 36.1. The number of furan rings is 1. The number of para-hydroxylation sites is 6. The second kappa shape index (κ2) is 29.7. The molecule has 24 aromatic rings. The summed E-state index contributed by atoms with van der Waals surface area (Å²) in [6, 6.07) is 139. The maximum absolute atomic E-state index is 6.45. The lowest BCUT2D eigenvalue weighted by Crippen LogP contribution is -2.14. The Hall–Kier alpha value is -16.7. The molecule has 0 bridgehead atoms. The molecule has 7 aromatic heterocycles. The zero-order valence-electron chi connectivity index (χ0n) is 72.9. The predicted molar refractivity (Wildman–Crippen MR) is 535 cm³/mol. The Morgan fingerprint density at radius 2 is 0.557 bits per heavy atom. The third kappa shape index (κ3) is 12.2. The molecule has 0 aliphatic heterocycles. The number of benzene rings is 17. The first-order valence-corrected chi connectivity index (χ1v) is 44.8. The highest BCUT2D eigenvalue weighted by Crippen LogP contribution is 2.55. The van der Waals surface area contributed by atoms with Crippen LogP contribution >= 0.6 is 0 Å². The molecule has 0 unspecified atom stereocenters. The molecule has 131 heavy (non-hydrogen) atoms. The Morgan fingerprint density at radius 1 is 0.206 bits per heavy atom. The van der Waals surface area contributed by atoms with E-state index in [1.54, 1.807) is 0 Å². The molecule has 0 N–H and O–H groups in total. The summed E-state index contributed by atoms with van der Waals surface area (Å²) in [6.45, 7) is 14.0. The van der Waals surface area contributed by atoms with E-state index in [1.807, 2.05) is 127 Å². The first-order chi connectivity index (χ1) is 64.2. The van der Waals surface area contributed by atoms with Crippen LogP contribution in [0.3, 0.4) is 0 Å². The van der Waals surface area contributed by atoms with Gasteiger partial charge in [-0.2, -0.15) is 19.9 Å². The minimum Gasteiger partial charge on any atom is -0.455 e. The van der Waals surface area contributed by atoms with Gasteiger partial charge in [0.25, 0.3) is 0 Å². The minimum absolute atomic E-state index is 0.0543. The third-order valence-electron chi connectivity index (χ3n) is 27.5. The van der Waals surface area contributed by atoms with E-state index in [0.717, 1.165) is 105 Å². The van der Waals surface area contributed by atoms with E-state index in [2.05, 4.69) is 322 Å². The summed E-state index contributed by atoms with van der Waals surface area (Å²) in [6.07, 6.45) is 0. The van der Waals surface area contributed by atoms with Crippen LogP contribution in [0, 0.1) is 0 Å². The fourth-order valence-electron chi connectivity index (χ4n) is 21.1. The molecule has 27 rings (SSSR count). The predicted octanol–water partition coefficient (Wildman–Crippen LogP) is 29.5. The highest BCUT2D eigenvalue weighted by atomic mass is 16.3. The van der Waals surface area contributed by atoms with Crippen molar-refractivity contribution in [1.29, 1.82) is 0 Å². The van der Waals surface area contributed by atoms with Crippen molar-refractivity contribution in [1.82, 2.24) is 53.6 Å². The highest BCUT2D eigenvalue weighted by Gasteiger charge is 2.40. The van der Waals surface area contributed by atoms with Gasteiger partial charge in [-0.05, 0) is 163 Å². The van der Waals surface area contributed by atoms with Crippen molar-refractivity contribution in [2.45, 2.75) is 57.8 Å². The van der Waals surface area contributed by atoms with Crippen molar-refractivity contribution in [2.75, 3.05) is 0 Å². The van der Waals surface area contributed by atoms with Crippen LogP contribution in [0.15, 0.2) is 399 Å². The zero-order valence-corrected chi connectivity index (χ0v) is 72.9. The molecule has 12 nitrogen and oxygen atoms in total. The molecular formula is C119H83N11O. The van der Waals surface area contributed by atoms with Crippen molar-refractivity contribution in [3.05, 3.63) is 428 Å². The van der Waals surface area contributed by atoms with Crippen LogP contribution in [0.25, 0.3) is 217 Å². The fraction of sp³-hybridized carbons (Fsp3) is 0.0756. The molecule has 0 saturated heterocycles. The Kier molecular flexibility index (Phi) is 17.4. The molecule has 3 aliphatic rings. The van der Waals surface area contributed by atoms with Crippen molar-refractivity contribution in [3.63, 3.8) is 0 Å². The van der Waals surface area contributed by atoms with E-state index in [1.165, 1.54) is 110 Å². The van der Waals surface area contributed by atoms with Gasteiger partial charge in [-0.25, -0.2) is 19.9 Å². The minimum atomic E-state index is -0.111. The number of rotatable bonds is 9. The summed E-state index contributed by atoms with van der Waals surface area (Å²) < 4.78 is 13.2. The molecule has 620 valence electrons. The summed E-state index contributed by atoms with van der Waals surface area (Å²) in [4.78, 5) is 41.2. The largest absolute Gasteiger partial charge is 0.455 e. The number of aromatic nitrogens is 11. The molecule has 0 atom stereocenters. The highest BCUT2D eigenvalue weighted by molar-refractivity contribution is 6.16. The van der Waals surface area contributed by atoms with E-state index in [9.17, 15) is 0 Å². The zero-order chi connectivity index (χ0) is 87.5. The van der Waals surface area contributed by atoms with Crippen LogP contribution in [0.5, 0.6) is 0 Å². The van der Waals surface area contributed by atoms with E-state index >= 15 is 0 Å². The van der Waals surface area contributed by atoms with Gasteiger partial charge in [0, 0.05) is 81.6 Å². The molecule has 3 aliphatic carbocycles. The number of hydrogen-bond donors (Lipinski definition) is 0. The Balaban J connectivity index is 0.000000106. The van der Waals surface area contributed by atoms with Gasteiger partial charge in [0.2, 0.25) is 11.9 Å². The topological polar surface area (TPSA) is 131 Å². The maximum Gasteiger partial charge on any atom is 0.238 e. The number of fused-ring (bicyclic) bond motifs is 22. The Bertz CT molecular complexity index is 8750. The molecule has 17 aromatic carbocycles. The van der Waals surface area contributed by atoms with Gasteiger partial charge >= 0.3 is 0 Å². The summed E-state index contributed by atoms with van der Waals surface area (Å²) in [7, 11) is 0. The quantitative estimate of drug-likeness (QED) is 0.139. The Morgan fingerprint density at radius 3 is 1.05 bits per heavy atom. The summed E-state index contributed by atoms with van der Waals surface area (Å²) >= 11 is 0. The van der Waals surface area contributed by atoms with Crippen molar-refractivity contribution in [3.8, 4) is 119 Å². The van der Waals surface area contributed by atoms with Crippen LogP contribution < -0.4 is 0 Å². The molecule has 0 saturated carbocycles. The van der Waals surface area contributed by atoms with Crippen LogP contribution in [0.1, 0.15) is 74.9 Å². The van der Waals surface area contributed by atoms with Crippen molar-refractivity contribution in [2.24, 2.45) is 0 Å². The van der Waals surface area contributed by atoms with Crippen LogP contribution in [0.2, 0.25) is 0 Å². The van der Waals surface area contributed by atoms with Gasteiger partial charge < -0.3 is 4.42 Å². The first-order valence-electron chi connectivity index (χ1n) is 44.8. The Labute approximate surface area is 755 Å². The van der Waals surface area contributed by atoms with Crippen molar-refractivity contribution >= 4 is 98.4 Å². The summed E-state index contributed by atoms with van der Waals surface area (Å²) in [5, 5.41) is 9.29. The van der Waals surface area contributed by atoms with E-state index in [0.29, 0.717) is 35.2 Å². The second-order valence-electron chi connectivity index (χ2n) is 36.1. The molecule has 0 fully saturated rings. The maximum atomic E-state index is 6.45. The number of hydrogen-bond acceptors (Lipinski definition) is 9. The smallest absolute Gasteiger partial charge is 0.238 e. The van der Waals surface area contributed by atoms with Gasteiger partial charge in [0.1, 0.15) is 16.9 Å². The summed E-state index contributed by atoms with van der Waals surface area (Å²) in [5.41, 5.74) is 33.5. The van der Waals surface area contributed by atoms with E-state index in [-0.39, 0.29) is 16.2 Å².